The molecule has 0 bridgehead atoms. The largest absolute Gasteiger partial charge is 0.310 e. The van der Waals surface area contributed by atoms with Crippen LogP contribution in [0.3, 0.4) is 0 Å². The molecule has 2 heteroatoms. The Hall–Kier alpha value is -7.42. The second kappa shape index (κ2) is 12.3. The van der Waals surface area contributed by atoms with Crippen LogP contribution in [0.25, 0.3) is 60.9 Å². The number of para-hydroxylation sites is 3. The first-order chi connectivity index (χ1) is 28.3. The summed E-state index contributed by atoms with van der Waals surface area (Å²) in [5, 5.41) is 2.58. The Kier molecular flexibility index (Phi) is 6.88. The van der Waals surface area contributed by atoms with Gasteiger partial charge in [-0.25, -0.2) is 0 Å². The number of fused-ring (bicyclic) bond motifs is 12. The lowest BCUT2D eigenvalue weighted by Gasteiger charge is -2.39. The highest BCUT2D eigenvalue weighted by atomic mass is 15.1. The average Bonchev–Trinajstić information content (AvgIpc) is 3.78. The lowest BCUT2D eigenvalue weighted by Crippen LogP contribution is -2.33. The van der Waals surface area contributed by atoms with E-state index in [-0.39, 0.29) is 0 Å². The fourth-order valence-electron chi connectivity index (χ4n) is 10.1. The highest BCUT2D eigenvalue weighted by Gasteiger charge is 2.50. The number of rotatable bonds is 5. The van der Waals surface area contributed by atoms with E-state index in [4.69, 9.17) is 0 Å². The molecule has 1 unspecified atom stereocenters. The van der Waals surface area contributed by atoms with Gasteiger partial charge in [-0.1, -0.05) is 170 Å². The Balaban J connectivity index is 1.12. The molecule has 2 nitrogen and oxygen atoms in total. The molecule has 1 aromatic heterocycles. The third kappa shape index (κ3) is 4.53. The predicted molar refractivity (Wildman–Crippen MR) is 237 cm³/mol. The van der Waals surface area contributed by atoms with E-state index in [1.54, 1.807) is 0 Å². The quantitative estimate of drug-likeness (QED) is 0.172. The Morgan fingerprint density at radius 3 is 1.60 bits per heavy atom. The highest BCUT2D eigenvalue weighted by molar-refractivity contribution is 6.13. The van der Waals surface area contributed by atoms with Crippen molar-refractivity contribution >= 4 is 38.9 Å². The molecule has 1 aliphatic carbocycles. The van der Waals surface area contributed by atoms with E-state index in [0.717, 1.165) is 17.1 Å². The number of benzene rings is 9. The Morgan fingerprint density at radius 1 is 0.333 bits per heavy atom. The average molecular weight is 725 g/mol. The zero-order valence-corrected chi connectivity index (χ0v) is 31.2. The molecule has 2 aliphatic rings. The van der Waals surface area contributed by atoms with Crippen LogP contribution in [0.1, 0.15) is 22.3 Å². The second-order valence-electron chi connectivity index (χ2n) is 15.3. The van der Waals surface area contributed by atoms with Gasteiger partial charge in [-0.3, -0.25) is 0 Å². The van der Waals surface area contributed by atoms with Crippen molar-refractivity contribution in [3.8, 4) is 39.1 Å². The van der Waals surface area contributed by atoms with Crippen molar-refractivity contribution in [2.75, 3.05) is 4.90 Å². The molecule has 0 N–H and O–H groups in total. The summed E-state index contributed by atoms with van der Waals surface area (Å²) in [4.78, 5) is 2.43. The Bertz CT molecular complexity index is 3110. The first-order valence-corrected chi connectivity index (χ1v) is 19.8. The lowest BCUT2D eigenvalue weighted by molar-refractivity contribution is 0.748. The molecule has 1 aliphatic heterocycles. The molecule has 2 heterocycles. The van der Waals surface area contributed by atoms with Crippen LogP contribution >= 0.6 is 0 Å². The van der Waals surface area contributed by atoms with Crippen molar-refractivity contribution in [2.24, 2.45) is 0 Å². The fourth-order valence-corrected chi connectivity index (χ4v) is 10.1. The number of aromatic nitrogens is 1. The first-order valence-electron chi connectivity index (χ1n) is 19.8. The summed E-state index contributed by atoms with van der Waals surface area (Å²) in [6.07, 6.45) is 0. The van der Waals surface area contributed by atoms with E-state index in [1.165, 1.54) is 83.1 Å². The first kappa shape index (κ1) is 31.9. The highest BCUT2D eigenvalue weighted by Crippen LogP contribution is 2.61. The van der Waals surface area contributed by atoms with Crippen LogP contribution in [0, 0.1) is 0 Å². The van der Waals surface area contributed by atoms with Gasteiger partial charge in [0.05, 0.1) is 22.1 Å². The molecular weight excluding hydrogens is 689 g/mol. The normalized spacial score (nSPS) is 14.7. The monoisotopic (exact) mass is 724 g/mol. The molecule has 0 saturated carbocycles. The Labute approximate surface area is 332 Å². The van der Waals surface area contributed by atoms with E-state index in [1.807, 2.05) is 0 Å². The fraction of sp³-hybridized carbons (Fsp3) is 0.0182. The van der Waals surface area contributed by atoms with Crippen LogP contribution in [0.2, 0.25) is 0 Å². The molecule has 266 valence electrons. The second-order valence-corrected chi connectivity index (χ2v) is 15.3. The van der Waals surface area contributed by atoms with Gasteiger partial charge in [0.25, 0.3) is 0 Å². The minimum Gasteiger partial charge on any atom is -0.310 e. The molecule has 1 spiro atoms. The standard InChI is InChI=1S/C55H36N2/c1-3-16-37(17-4-1)39-20-13-22-41(34-39)56(42-23-14-21-40(35-42)38-18-5-2-6-19-38)43-32-33-49-47(36-43)44-24-7-9-27-48(44)55(49)50-28-10-12-31-53(50)57-52-30-11-8-25-45(52)46-26-15-29-51(55)54(46)57/h1-36H. The third-order valence-corrected chi connectivity index (χ3v) is 12.4. The summed E-state index contributed by atoms with van der Waals surface area (Å²) in [6, 6.07) is 80.5. The van der Waals surface area contributed by atoms with Crippen LogP contribution < -0.4 is 4.90 Å². The van der Waals surface area contributed by atoms with Gasteiger partial charge in [0.1, 0.15) is 0 Å². The van der Waals surface area contributed by atoms with Crippen molar-refractivity contribution in [1.82, 2.24) is 4.57 Å². The smallest absolute Gasteiger partial charge is 0.0754 e. The van der Waals surface area contributed by atoms with Gasteiger partial charge < -0.3 is 9.47 Å². The van der Waals surface area contributed by atoms with Gasteiger partial charge in [-0.2, -0.15) is 0 Å². The van der Waals surface area contributed by atoms with E-state index < -0.39 is 5.41 Å². The van der Waals surface area contributed by atoms with E-state index >= 15 is 0 Å². The zero-order chi connectivity index (χ0) is 37.5. The maximum atomic E-state index is 2.51. The molecule has 0 amide bonds. The van der Waals surface area contributed by atoms with Crippen molar-refractivity contribution in [2.45, 2.75) is 5.41 Å². The van der Waals surface area contributed by atoms with Crippen LogP contribution in [0.4, 0.5) is 17.1 Å². The van der Waals surface area contributed by atoms with Crippen molar-refractivity contribution < 1.29 is 0 Å². The molecule has 1 atom stereocenters. The lowest BCUT2D eigenvalue weighted by atomic mass is 9.65. The van der Waals surface area contributed by atoms with Crippen LogP contribution in [0.5, 0.6) is 0 Å². The number of nitrogens with zero attached hydrogens (tertiary/aromatic N) is 2. The maximum Gasteiger partial charge on any atom is 0.0754 e. The molecule has 0 radical (unpaired) electrons. The maximum absolute atomic E-state index is 2.51. The van der Waals surface area contributed by atoms with Crippen LogP contribution in [-0.2, 0) is 5.41 Å². The van der Waals surface area contributed by atoms with Crippen LogP contribution in [-0.4, -0.2) is 4.57 Å². The van der Waals surface area contributed by atoms with Gasteiger partial charge in [0.15, 0.2) is 0 Å². The van der Waals surface area contributed by atoms with Crippen molar-refractivity contribution in [3.05, 3.63) is 241 Å². The Morgan fingerprint density at radius 2 is 0.860 bits per heavy atom. The minimum absolute atomic E-state index is 0.490. The molecule has 0 fully saturated rings. The van der Waals surface area contributed by atoms with Gasteiger partial charge in [0, 0.05) is 27.8 Å². The van der Waals surface area contributed by atoms with Crippen molar-refractivity contribution in [3.63, 3.8) is 0 Å². The number of anilines is 3. The third-order valence-electron chi connectivity index (χ3n) is 12.4. The topological polar surface area (TPSA) is 8.17 Å². The van der Waals surface area contributed by atoms with E-state index in [0.29, 0.717) is 0 Å². The molecule has 0 saturated heterocycles. The number of hydrogen-bond acceptors (Lipinski definition) is 1. The van der Waals surface area contributed by atoms with E-state index in [2.05, 4.69) is 228 Å². The molecule has 10 aromatic rings. The molecule has 9 aromatic carbocycles. The summed E-state index contributed by atoms with van der Waals surface area (Å²) < 4.78 is 2.51. The van der Waals surface area contributed by atoms with Gasteiger partial charge >= 0.3 is 0 Å². The number of hydrogen-bond donors (Lipinski definition) is 0. The van der Waals surface area contributed by atoms with Gasteiger partial charge in [0.2, 0.25) is 0 Å². The summed E-state index contributed by atoms with van der Waals surface area (Å²) in [7, 11) is 0. The summed E-state index contributed by atoms with van der Waals surface area (Å²) >= 11 is 0. The van der Waals surface area contributed by atoms with Crippen LogP contribution in [0.15, 0.2) is 218 Å². The summed E-state index contributed by atoms with van der Waals surface area (Å²) in [5.74, 6) is 0. The zero-order valence-electron chi connectivity index (χ0n) is 31.2. The molecular formula is C55H36N2. The van der Waals surface area contributed by atoms with Gasteiger partial charge in [-0.15, -0.1) is 0 Å². The van der Waals surface area contributed by atoms with Gasteiger partial charge in [-0.05, 0) is 104 Å². The van der Waals surface area contributed by atoms with E-state index in [9.17, 15) is 0 Å². The van der Waals surface area contributed by atoms with Crippen molar-refractivity contribution in [1.29, 1.82) is 0 Å². The molecule has 57 heavy (non-hydrogen) atoms. The molecule has 12 rings (SSSR count). The predicted octanol–water partition coefficient (Wildman–Crippen LogP) is 14.3. The minimum atomic E-state index is -0.490. The SMILES string of the molecule is c1ccc(-c2cccc(N(c3cccc(-c4ccccc4)c3)c3ccc4c(c3)-c3ccccc3C43c4ccccc4-n4c5ccccc5c5cccc3c54)c2)cc1. The summed E-state index contributed by atoms with van der Waals surface area (Å²) in [6.45, 7) is 0. The summed E-state index contributed by atoms with van der Waals surface area (Å²) in [5.41, 5.74) is 19.2.